The summed E-state index contributed by atoms with van der Waals surface area (Å²) in [5, 5.41) is 15.4. The van der Waals surface area contributed by atoms with Crippen molar-refractivity contribution >= 4 is 17.9 Å². The van der Waals surface area contributed by atoms with Gasteiger partial charge < -0.3 is 25.4 Å². The van der Waals surface area contributed by atoms with Crippen LogP contribution in [0.3, 0.4) is 0 Å². The fourth-order valence-corrected chi connectivity index (χ4v) is 3.66. The minimum Gasteiger partial charge on any atom is -0.444 e. The molecule has 8 nitrogen and oxygen atoms in total. The average Bonchev–Trinajstić information content (AvgIpc) is 2.72. The van der Waals surface area contributed by atoms with E-state index >= 15 is 0 Å². The third kappa shape index (κ3) is 9.71. The van der Waals surface area contributed by atoms with E-state index in [4.69, 9.17) is 4.74 Å². The van der Waals surface area contributed by atoms with Crippen LogP contribution in [0.2, 0.25) is 0 Å². The fourth-order valence-electron chi connectivity index (χ4n) is 3.66. The Morgan fingerprint density at radius 2 is 1.62 bits per heavy atom. The summed E-state index contributed by atoms with van der Waals surface area (Å²) in [6.07, 6.45) is 2.43. The smallest absolute Gasteiger partial charge is 0.408 e. The van der Waals surface area contributed by atoms with E-state index in [1.165, 1.54) is 4.90 Å². The van der Waals surface area contributed by atoms with Crippen molar-refractivity contribution in [1.29, 1.82) is 0 Å². The zero-order chi connectivity index (χ0) is 25.9. The first-order valence-corrected chi connectivity index (χ1v) is 12.2. The molecular weight excluding hydrogens is 434 g/mol. The van der Waals surface area contributed by atoms with Gasteiger partial charge in [-0.1, -0.05) is 56.0 Å². The van der Waals surface area contributed by atoms with Gasteiger partial charge in [0.05, 0.1) is 6.61 Å². The Kier molecular flexibility index (Phi) is 12.1. The van der Waals surface area contributed by atoms with Crippen molar-refractivity contribution < 1.29 is 24.2 Å². The molecule has 0 saturated heterocycles. The quantitative estimate of drug-likeness (QED) is 0.397. The van der Waals surface area contributed by atoms with E-state index in [1.807, 2.05) is 45.9 Å². The van der Waals surface area contributed by atoms with E-state index in [1.54, 1.807) is 20.8 Å². The molecule has 3 N–H and O–H groups in total. The monoisotopic (exact) mass is 477 g/mol. The predicted octanol–water partition coefficient (Wildman–Crippen LogP) is 3.78. The van der Waals surface area contributed by atoms with Gasteiger partial charge in [-0.2, -0.15) is 0 Å². The minimum atomic E-state index is -1.23. The van der Waals surface area contributed by atoms with Crippen LogP contribution in [0.5, 0.6) is 0 Å². The van der Waals surface area contributed by atoms with Crippen molar-refractivity contribution in [3.8, 4) is 0 Å². The number of hydrogen-bond donors (Lipinski definition) is 3. The van der Waals surface area contributed by atoms with Gasteiger partial charge in [0.1, 0.15) is 17.7 Å². The normalized spacial score (nSPS) is 13.1. The number of aliphatic hydroxyl groups is 1. The van der Waals surface area contributed by atoms with E-state index in [0.29, 0.717) is 25.1 Å². The number of carbonyl (C=O) groups excluding carboxylic acids is 3. The van der Waals surface area contributed by atoms with E-state index in [9.17, 15) is 19.5 Å². The fraction of sp³-hybridized carbons (Fsp3) is 0.654. The standard InChI is InChI=1S/C26H43N3O5/c1-8-10-12-27-23(31)22(20-15-18(3)14-19(4)16-20)29(13-11-9-2)24(32)21(17-30)28-25(33)34-26(5,6)7/h14-16,21-22,30H,8-13,17H2,1-7H3,(H,27,31)(H,28,33). The third-order valence-electron chi connectivity index (χ3n) is 5.16. The maximum absolute atomic E-state index is 13.6. The second kappa shape index (κ2) is 13.9. The summed E-state index contributed by atoms with van der Waals surface area (Å²) in [5.74, 6) is -0.812. The lowest BCUT2D eigenvalue weighted by atomic mass is 9.98. The van der Waals surface area contributed by atoms with Gasteiger partial charge in [-0.3, -0.25) is 9.59 Å². The molecule has 0 fully saturated rings. The van der Waals surface area contributed by atoms with Crippen molar-refractivity contribution in [3.05, 3.63) is 34.9 Å². The van der Waals surface area contributed by atoms with Crippen LogP contribution in [0.1, 0.15) is 83.0 Å². The molecule has 0 spiro atoms. The molecule has 0 aliphatic heterocycles. The van der Waals surface area contributed by atoms with Gasteiger partial charge in [0.15, 0.2) is 0 Å². The highest BCUT2D eigenvalue weighted by atomic mass is 16.6. The molecule has 0 heterocycles. The zero-order valence-corrected chi connectivity index (χ0v) is 21.9. The van der Waals surface area contributed by atoms with E-state index in [2.05, 4.69) is 10.6 Å². The second-order valence-electron chi connectivity index (χ2n) is 9.73. The number of nitrogens with one attached hydrogen (secondary N) is 2. The lowest BCUT2D eigenvalue weighted by Gasteiger charge is -2.34. The summed E-state index contributed by atoms with van der Waals surface area (Å²) in [7, 11) is 0. The zero-order valence-electron chi connectivity index (χ0n) is 21.9. The number of hydrogen-bond acceptors (Lipinski definition) is 5. The Hall–Kier alpha value is -2.61. The van der Waals surface area contributed by atoms with Gasteiger partial charge in [0, 0.05) is 13.1 Å². The minimum absolute atomic E-state index is 0.281. The number of amides is 3. The van der Waals surface area contributed by atoms with Gasteiger partial charge in [-0.25, -0.2) is 4.79 Å². The number of unbranched alkanes of at least 4 members (excludes halogenated alkanes) is 2. The molecule has 0 aliphatic carbocycles. The molecule has 1 aromatic rings. The number of benzene rings is 1. The molecule has 1 rings (SSSR count). The Bertz CT molecular complexity index is 799. The third-order valence-corrected chi connectivity index (χ3v) is 5.16. The summed E-state index contributed by atoms with van der Waals surface area (Å²) >= 11 is 0. The molecule has 2 atom stereocenters. The number of ether oxygens (including phenoxy) is 1. The maximum atomic E-state index is 13.6. The number of aliphatic hydroxyl groups excluding tert-OH is 1. The molecule has 1 aromatic carbocycles. The number of alkyl carbamates (subject to hydrolysis) is 1. The molecular formula is C26H43N3O5. The Morgan fingerprint density at radius 1 is 1.03 bits per heavy atom. The van der Waals surface area contributed by atoms with Gasteiger partial charge in [-0.05, 0) is 53.0 Å². The summed E-state index contributed by atoms with van der Waals surface area (Å²) in [6.45, 7) is 13.3. The van der Waals surface area contributed by atoms with Crippen LogP contribution >= 0.6 is 0 Å². The number of aryl methyl sites for hydroxylation is 2. The Balaban J connectivity index is 3.38. The maximum Gasteiger partial charge on any atom is 0.408 e. The molecule has 0 aliphatic rings. The Labute approximate surface area is 204 Å². The first-order valence-electron chi connectivity index (χ1n) is 12.2. The number of nitrogens with zero attached hydrogens (tertiary/aromatic N) is 1. The molecule has 2 unspecified atom stereocenters. The van der Waals surface area contributed by atoms with Crippen molar-refractivity contribution in [2.75, 3.05) is 19.7 Å². The van der Waals surface area contributed by atoms with Gasteiger partial charge in [0.2, 0.25) is 11.8 Å². The van der Waals surface area contributed by atoms with Gasteiger partial charge in [0.25, 0.3) is 0 Å². The average molecular weight is 478 g/mol. The first kappa shape index (κ1) is 29.4. The van der Waals surface area contributed by atoms with E-state index < -0.39 is 36.3 Å². The highest BCUT2D eigenvalue weighted by Gasteiger charge is 2.35. The second-order valence-corrected chi connectivity index (χ2v) is 9.73. The van der Waals surface area contributed by atoms with Crippen LogP contribution in [0.25, 0.3) is 0 Å². The Morgan fingerprint density at radius 3 is 2.12 bits per heavy atom. The largest absolute Gasteiger partial charge is 0.444 e. The molecule has 0 bridgehead atoms. The van der Waals surface area contributed by atoms with Crippen LogP contribution in [-0.2, 0) is 14.3 Å². The van der Waals surface area contributed by atoms with Crippen molar-refractivity contribution in [1.82, 2.24) is 15.5 Å². The summed E-state index contributed by atoms with van der Waals surface area (Å²) < 4.78 is 5.26. The van der Waals surface area contributed by atoms with Crippen LogP contribution in [-0.4, -0.2) is 59.3 Å². The first-order chi connectivity index (χ1) is 15.9. The van der Waals surface area contributed by atoms with Crippen molar-refractivity contribution in [2.24, 2.45) is 0 Å². The molecule has 0 aromatic heterocycles. The van der Waals surface area contributed by atoms with Crippen LogP contribution in [0, 0.1) is 13.8 Å². The predicted molar refractivity (Wildman–Crippen MR) is 133 cm³/mol. The summed E-state index contributed by atoms with van der Waals surface area (Å²) in [5.41, 5.74) is 1.91. The van der Waals surface area contributed by atoms with Crippen molar-refractivity contribution in [2.45, 2.75) is 91.8 Å². The number of rotatable bonds is 12. The summed E-state index contributed by atoms with van der Waals surface area (Å²) in [6, 6.07) is 3.69. The highest BCUT2D eigenvalue weighted by molar-refractivity contribution is 5.92. The molecule has 192 valence electrons. The van der Waals surface area contributed by atoms with Gasteiger partial charge >= 0.3 is 6.09 Å². The molecule has 0 saturated carbocycles. The number of carbonyl (C=O) groups is 3. The molecule has 8 heteroatoms. The lowest BCUT2D eigenvalue weighted by Crippen LogP contribution is -2.54. The van der Waals surface area contributed by atoms with Gasteiger partial charge in [-0.15, -0.1) is 0 Å². The molecule has 3 amide bonds. The topological polar surface area (TPSA) is 108 Å². The van der Waals surface area contributed by atoms with E-state index in [-0.39, 0.29) is 5.91 Å². The van der Waals surface area contributed by atoms with Crippen LogP contribution in [0.15, 0.2) is 18.2 Å². The van der Waals surface area contributed by atoms with Crippen molar-refractivity contribution in [3.63, 3.8) is 0 Å². The summed E-state index contributed by atoms with van der Waals surface area (Å²) in [4.78, 5) is 40.8. The molecule has 0 radical (unpaired) electrons. The van der Waals surface area contributed by atoms with Crippen LogP contribution < -0.4 is 10.6 Å². The van der Waals surface area contributed by atoms with Crippen LogP contribution in [0.4, 0.5) is 4.79 Å². The molecule has 34 heavy (non-hydrogen) atoms. The van der Waals surface area contributed by atoms with E-state index in [0.717, 1.165) is 30.4 Å². The SMILES string of the molecule is CCCCNC(=O)C(c1cc(C)cc(C)c1)N(CCCC)C(=O)C(CO)NC(=O)OC(C)(C)C. The highest BCUT2D eigenvalue weighted by Crippen LogP contribution is 2.25. The lowest BCUT2D eigenvalue weighted by molar-refractivity contribution is -0.143.